The first kappa shape index (κ1) is 12.9. The van der Waals surface area contributed by atoms with Crippen LogP contribution in [0.5, 0.6) is 5.75 Å². The summed E-state index contributed by atoms with van der Waals surface area (Å²) < 4.78 is 5.37. The summed E-state index contributed by atoms with van der Waals surface area (Å²) in [4.78, 5) is 3.15. The number of nitrogens with zero attached hydrogens (tertiary/aromatic N) is 1. The third-order valence-corrected chi connectivity index (χ3v) is 4.13. The molecule has 17 heavy (non-hydrogen) atoms. The van der Waals surface area contributed by atoms with E-state index in [-0.39, 0.29) is 0 Å². The lowest BCUT2D eigenvalue weighted by atomic mass is 9.85. The van der Waals surface area contributed by atoms with Crippen molar-refractivity contribution >= 4 is 15.9 Å². The Morgan fingerprint density at radius 1 is 1.35 bits per heavy atom. The molecule has 0 atom stereocenters. The van der Waals surface area contributed by atoms with Crippen molar-refractivity contribution < 1.29 is 4.74 Å². The van der Waals surface area contributed by atoms with Gasteiger partial charge < -0.3 is 9.64 Å². The molecule has 2 nitrogen and oxygen atoms in total. The van der Waals surface area contributed by atoms with Crippen molar-refractivity contribution in [2.24, 2.45) is 5.92 Å². The maximum Gasteiger partial charge on any atom is 0.123 e. The van der Waals surface area contributed by atoms with Gasteiger partial charge in [-0.05, 0) is 31.9 Å². The van der Waals surface area contributed by atoms with Crippen LogP contribution in [-0.2, 0) is 6.54 Å². The third-order valence-electron chi connectivity index (χ3n) is 3.38. The molecule has 0 radical (unpaired) electrons. The lowest BCUT2D eigenvalue weighted by Crippen LogP contribution is -2.34. The Balaban J connectivity index is 1.86. The molecule has 1 saturated carbocycles. The van der Waals surface area contributed by atoms with E-state index in [1.165, 1.54) is 24.9 Å². The lowest BCUT2D eigenvalue weighted by Gasteiger charge is -2.34. The molecule has 1 aromatic carbocycles. The molecule has 0 amide bonds. The minimum absolute atomic E-state index is 0.757. The Labute approximate surface area is 112 Å². The topological polar surface area (TPSA) is 12.5 Å². The molecule has 1 aromatic rings. The van der Waals surface area contributed by atoms with Crippen LogP contribution >= 0.6 is 15.9 Å². The molecule has 1 fully saturated rings. The van der Waals surface area contributed by atoms with E-state index in [1.807, 2.05) is 12.1 Å². The molecule has 0 spiro atoms. The first-order valence-electron chi connectivity index (χ1n) is 6.13. The van der Waals surface area contributed by atoms with E-state index < -0.39 is 0 Å². The number of alkyl halides is 1. The molecule has 0 aromatic heterocycles. The number of benzene rings is 1. The lowest BCUT2D eigenvalue weighted by molar-refractivity contribution is 0.206. The SMILES string of the molecule is COc1ccccc1CN(C)CC1CC(Br)C1. The smallest absolute Gasteiger partial charge is 0.123 e. The monoisotopic (exact) mass is 297 g/mol. The zero-order chi connectivity index (χ0) is 12.3. The predicted octanol–water partition coefficient (Wildman–Crippen LogP) is 3.30. The fraction of sp³-hybridized carbons (Fsp3) is 0.571. The third kappa shape index (κ3) is 3.46. The van der Waals surface area contributed by atoms with E-state index in [0.717, 1.165) is 23.0 Å². The molecule has 0 bridgehead atoms. The second-order valence-corrected chi connectivity index (χ2v) is 6.24. The molecule has 0 N–H and O–H groups in total. The number of ether oxygens (including phenoxy) is 1. The molecule has 94 valence electrons. The molecule has 0 aliphatic heterocycles. The van der Waals surface area contributed by atoms with Crippen LogP contribution in [0, 0.1) is 5.92 Å². The number of halogens is 1. The normalized spacial score (nSPS) is 23.5. The Morgan fingerprint density at radius 3 is 2.71 bits per heavy atom. The maximum atomic E-state index is 5.37. The van der Waals surface area contributed by atoms with Gasteiger partial charge in [0.05, 0.1) is 7.11 Å². The van der Waals surface area contributed by atoms with Crippen LogP contribution in [0.15, 0.2) is 24.3 Å². The maximum absolute atomic E-state index is 5.37. The summed E-state index contributed by atoms with van der Waals surface area (Å²) in [6.07, 6.45) is 2.63. The average Bonchev–Trinajstić information content (AvgIpc) is 2.27. The van der Waals surface area contributed by atoms with Gasteiger partial charge in [0, 0.05) is 23.5 Å². The standard InChI is InChI=1S/C14H20BrNO/c1-16(9-11-7-13(15)8-11)10-12-5-3-4-6-14(12)17-2/h3-6,11,13H,7-10H2,1-2H3. The predicted molar refractivity (Wildman–Crippen MR) is 74.8 cm³/mol. The molecule has 0 unspecified atom stereocenters. The Morgan fingerprint density at radius 2 is 2.06 bits per heavy atom. The molecule has 3 heteroatoms. The van der Waals surface area contributed by atoms with Crippen molar-refractivity contribution in [2.75, 3.05) is 20.7 Å². The zero-order valence-electron chi connectivity index (χ0n) is 10.5. The van der Waals surface area contributed by atoms with E-state index in [2.05, 4.69) is 40.0 Å². The summed E-state index contributed by atoms with van der Waals surface area (Å²) in [5, 5.41) is 0. The van der Waals surface area contributed by atoms with E-state index in [1.54, 1.807) is 7.11 Å². The van der Waals surface area contributed by atoms with Gasteiger partial charge in [0.15, 0.2) is 0 Å². The van der Waals surface area contributed by atoms with Gasteiger partial charge in [0.2, 0.25) is 0 Å². The van der Waals surface area contributed by atoms with Gasteiger partial charge in [-0.3, -0.25) is 0 Å². The second kappa shape index (κ2) is 5.87. The van der Waals surface area contributed by atoms with Gasteiger partial charge in [-0.1, -0.05) is 34.1 Å². The van der Waals surface area contributed by atoms with E-state index in [4.69, 9.17) is 4.74 Å². The fourth-order valence-electron chi connectivity index (χ4n) is 2.43. The molecule has 1 aliphatic carbocycles. The number of hydrogen-bond donors (Lipinski definition) is 0. The summed E-state index contributed by atoms with van der Waals surface area (Å²) in [5.74, 6) is 1.85. The van der Waals surface area contributed by atoms with Crippen LogP contribution in [0.2, 0.25) is 0 Å². The molecular weight excluding hydrogens is 278 g/mol. The van der Waals surface area contributed by atoms with Crippen molar-refractivity contribution in [1.29, 1.82) is 0 Å². The van der Waals surface area contributed by atoms with Crippen molar-refractivity contribution in [1.82, 2.24) is 4.90 Å². The van der Waals surface area contributed by atoms with Crippen LogP contribution < -0.4 is 4.74 Å². The van der Waals surface area contributed by atoms with Gasteiger partial charge in [-0.15, -0.1) is 0 Å². The molecule has 0 saturated heterocycles. The Kier molecular flexibility index (Phi) is 4.46. The van der Waals surface area contributed by atoms with Gasteiger partial charge >= 0.3 is 0 Å². The number of hydrogen-bond acceptors (Lipinski definition) is 2. The van der Waals surface area contributed by atoms with Crippen LogP contribution in [0.4, 0.5) is 0 Å². The van der Waals surface area contributed by atoms with Crippen LogP contribution in [0.1, 0.15) is 18.4 Å². The van der Waals surface area contributed by atoms with Crippen LogP contribution in [-0.4, -0.2) is 30.4 Å². The quantitative estimate of drug-likeness (QED) is 0.773. The van der Waals surface area contributed by atoms with E-state index in [0.29, 0.717) is 0 Å². The summed E-state index contributed by atoms with van der Waals surface area (Å²) in [6.45, 7) is 2.15. The van der Waals surface area contributed by atoms with Crippen molar-refractivity contribution in [3.8, 4) is 5.75 Å². The van der Waals surface area contributed by atoms with Gasteiger partial charge in [0.1, 0.15) is 5.75 Å². The second-order valence-electron chi connectivity index (χ2n) is 4.94. The summed E-state index contributed by atoms with van der Waals surface area (Å²) in [6, 6.07) is 8.26. The van der Waals surface area contributed by atoms with Gasteiger partial charge in [-0.25, -0.2) is 0 Å². The minimum Gasteiger partial charge on any atom is -0.496 e. The van der Waals surface area contributed by atoms with Gasteiger partial charge in [-0.2, -0.15) is 0 Å². The van der Waals surface area contributed by atoms with E-state index >= 15 is 0 Å². The number of methoxy groups -OCH3 is 1. The van der Waals surface area contributed by atoms with Crippen LogP contribution in [0.25, 0.3) is 0 Å². The van der Waals surface area contributed by atoms with Crippen LogP contribution in [0.3, 0.4) is 0 Å². The Bertz CT molecular complexity index is 363. The highest BCUT2D eigenvalue weighted by Gasteiger charge is 2.27. The van der Waals surface area contributed by atoms with Gasteiger partial charge in [0.25, 0.3) is 0 Å². The molecule has 2 rings (SSSR count). The zero-order valence-corrected chi connectivity index (χ0v) is 12.1. The van der Waals surface area contributed by atoms with Crippen molar-refractivity contribution in [3.05, 3.63) is 29.8 Å². The molecule has 1 aliphatic rings. The minimum atomic E-state index is 0.757. The molecular formula is C14H20BrNO. The summed E-state index contributed by atoms with van der Waals surface area (Å²) >= 11 is 3.64. The average molecular weight is 298 g/mol. The first-order chi connectivity index (χ1) is 8.19. The number of rotatable bonds is 5. The first-order valence-corrected chi connectivity index (χ1v) is 7.05. The highest BCUT2D eigenvalue weighted by Crippen LogP contribution is 2.34. The highest BCUT2D eigenvalue weighted by molar-refractivity contribution is 9.09. The molecule has 0 heterocycles. The fourth-order valence-corrected chi connectivity index (χ4v) is 3.49. The number of para-hydroxylation sites is 1. The van der Waals surface area contributed by atoms with E-state index in [9.17, 15) is 0 Å². The van der Waals surface area contributed by atoms with Crippen molar-refractivity contribution in [3.63, 3.8) is 0 Å². The highest BCUT2D eigenvalue weighted by atomic mass is 79.9. The summed E-state index contributed by atoms with van der Waals surface area (Å²) in [7, 11) is 3.92. The summed E-state index contributed by atoms with van der Waals surface area (Å²) in [5.41, 5.74) is 1.27. The largest absolute Gasteiger partial charge is 0.496 e. The van der Waals surface area contributed by atoms with Crippen molar-refractivity contribution in [2.45, 2.75) is 24.2 Å². The Hall–Kier alpha value is -0.540.